The van der Waals surface area contributed by atoms with E-state index in [2.05, 4.69) is 39.1 Å². The minimum absolute atomic E-state index is 0.104. The highest BCUT2D eigenvalue weighted by Crippen LogP contribution is 2.22. The summed E-state index contributed by atoms with van der Waals surface area (Å²) in [6.07, 6.45) is 2.51. The number of aryl methyl sites for hydroxylation is 2. The van der Waals surface area contributed by atoms with Crippen molar-refractivity contribution in [3.8, 4) is 0 Å². The molecule has 0 spiro atoms. The molecule has 1 amide bonds. The Hall–Kier alpha value is -3.22. The highest BCUT2D eigenvalue weighted by molar-refractivity contribution is 5.91. The van der Waals surface area contributed by atoms with E-state index in [1.165, 1.54) is 5.56 Å². The summed E-state index contributed by atoms with van der Waals surface area (Å²) in [7, 11) is 0. The zero-order valence-corrected chi connectivity index (χ0v) is 17.7. The van der Waals surface area contributed by atoms with Gasteiger partial charge in [0.2, 0.25) is 5.76 Å². The van der Waals surface area contributed by atoms with E-state index < -0.39 is 0 Å². The average Bonchev–Trinajstić information content (AvgIpc) is 3.24. The van der Waals surface area contributed by atoms with Crippen molar-refractivity contribution < 1.29 is 9.32 Å². The van der Waals surface area contributed by atoms with Crippen LogP contribution >= 0.6 is 0 Å². The summed E-state index contributed by atoms with van der Waals surface area (Å²) in [4.78, 5) is 25.9. The van der Waals surface area contributed by atoms with Gasteiger partial charge in [-0.15, -0.1) is 0 Å². The molecule has 0 saturated carbocycles. The van der Waals surface area contributed by atoms with Crippen LogP contribution in [0.25, 0.3) is 0 Å². The third-order valence-electron chi connectivity index (χ3n) is 5.57. The third-order valence-corrected chi connectivity index (χ3v) is 5.57. The molecule has 3 heterocycles. The van der Waals surface area contributed by atoms with Crippen molar-refractivity contribution in [2.45, 2.75) is 33.1 Å². The summed E-state index contributed by atoms with van der Waals surface area (Å²) >= 11 is 0. The maximum Gasteiger partial charge on any atom is 0.292 e. The van der Waals surface area contributed by atoms with Gasteiger partial charge in [-0.1, -0.05) is 42.4 Å². The van der Waals surface area contributed by atoms with E-state index in [9.17, 15) is 4.79 Å². The van der Waals surface area contributed by atoms with Crippen LogP contribution in [0.1, 0.15) is 46.0 Å². The van der Waals surface area contributed by atoms with Crippen LogP contribution in [0.3, 0.4) is 0 Å². The number of rotatable bonds is 5. The molecule has 0 aliphatic carbocycles. The van der Waals surface area contributed by atoms with Crippen LogP contribution in [-0.4, -0.2) is 52.1 Å². The van der Waals surface area contributed by atoms with E-state index in [4.69, 9.17) is 4.52 Å². The highest BCUT2D eigenvalue weighted by atomic mass is 16.5. The van der Waals surface area contributed by atoms with Crippen LogP contribution in [0.4, 0.5) is 5.82 Å². The lowest BCUT2D eigenvalue weighted by atomic mass is 9.96. The predicted octanol–water partition coefficient (Wildman–Crippen LogP) is 3.39. The Bertz CT molecular complexity index is 1010. The SMILES string of the molecule is Cc1cnc(C)c(N2CCN(C(=O)c3cc(C[C@H](C)c4ccccc4)no3)CC2)n1. The monoisotopic (exact) mass is 405 g/mol. The van der Waals surface area contributed by atoms with Gasteiger partial charge >= 0.3 is 0 Å². The molecule has 1 atom stereocenters. The van der Waals surface area contributed by atoms with E-state index in [1.54, 1.807) is 12.3 Å². The third kappa shape index (κ3) is 4.35. The zero-order chi connectivity index (χ0) is 21.1. The fraction of sp³-hybridized carbons (Fsp3) is 0.391. The van der Waals surface area contributed by atoms with Crippen molar-refractivity contribution in [2.24, 2.45) is 0 Å². The second-order valence-corrected chi connectivity index (χ2v) is 7.90. The standard InChI is InChI=1S/C23H27N5O2/c1-16(19-7-5-4-6-8-19)13-20-14-21(30-26-20)23(29)28-11-9-27(10-12-28)22-18(3)24-15-17(2)25-22/h4-8,14-16H,9-13H2,1-3H3/t16-/m0/s1. The van der Waals surface area contributed by atoms with Crippen molar-refractivity contribution in [3.05, 3.63) is 71.0 Å². The van der Waals surface area contributed by atoms with Crippen molar-refractivity contribution in [3.63, 3.8) is 0 Å². The molecule has 30 heavy (non-hydrogen) atoms. The quantitative estimate of drug-likeness (QED) is 0.648. The van der Waals surface area contributed by atoms with E-state index in [-0.39, 0.29) is 5.91 Å². The second-order valence-electron chi connectivity index (χ2n) is 7.90. The Morgan fingerprint density at radius 2 is 1.87 bits per heavy atom. The van der Waals surface area contributed by atoms with Crippen molar-refractivity contribution in [1.29, 1.82) is 0 Å². The van der Waals surface area contributed by atoms with Crippen LogP contribution in [0.2, 0.25) is 0 Å². The van der Waals surface area contributed by atoms with Gasteiger partial charge in [-0.25, -0.2) is 4.98 Å². The van der Waals surface area contributed by atoms with Gasteiger partial charge in [-0.2, -0.15) is 0 Å². The molecular formula is C23H27N5O2. The van der Waals surface area contributed by atoms with Gasteiger partial charge in [0.1, 0.15) is 5.82 Å². The van der Waals surface area contributed by atoms with Crippen molar-refractivity contribution in [2.75, 3.05) is 31.1 Å². The smallest absolute Gasteiger partial charge is 0.292 e. The van der Waals surface area contributed by atoms with E-state index >= 15 is 0 Å². The van der Waals surface area contributed by atoms with Crippen LogP contribution in [0.15, 0.2) is 47.1 Å². The lowest BCUT2D eigenvalue weighted by Crippen LogP contribution is -2.49. The van der Waals surface area contributed by atoms with Crippen molar-refractivity contribution in [1.82, 2.24) is 20.0 Å². The maximum atomic E-state index is 12.9. The molecule has 1 aromatic carbocycles. The minimum Gasteiger partial charge on any atom is -0.352 e. The fourth-order valence-electron chi connectivity index (χ4n) is 3.82. The molecule has 0 radical (unpaired) electrons. The Labute approximate surface area is 176 Å². The first-order valence-corrected chi connectivity index (χ1v) is 10.4. The Morgan fingerprint density at radius 1 is 1.13 bits per heavy atom. The van der Waals surface area contributed by atoms with Crippen molar-refractivity contribution >= 4 is 11.7 Å². The number of anilines is 1. The summed E-state index contributed by atoms with van der Waals surface area (Å²) in [5.74, 6) is 1.42. The number of benzene rings is 1. The number of aromatic nitrogens is 3. The van der Waals surface area contributed by atoms with Gasteiger partial charge in [0, 0.05) is 38.4 Å². The molecule has 0 bridgehead atoms. The Morgan fingerprint density at radius 3 is 2.60 bits per heavy atom. The molecule has 7 nitrogen and oxygen atoms in total. The second kappa shape index (κ2) is 8.65. The first-order valence-electron chi connectivity index (χ1n) is 10.4. The number of amides is 1. The molecule has 4 rings (SSSR count). The molecular weight excluding hydrogens is 378 g/mol. The number of piperazine rings is 1. The lowest BCUT2D eigenvalue weighted by molar-refractivity contribution is 0.0704. The molecule has 1 aliphatic rings. The van der Waals surface area contributed by atoms with E-state index in [0.29, 0.717) is 24.8 Å². The van der Waals surface area contributed by atoms with Crippen LogP contribution in [0, 0.1) is 13.8 Å². The van der Waals surface area contributed by atoms with Gasteiger partial charge < -0.3 is 14.3 Å². The first-order chi connectivity index (χ1) is 14.5. The average molecular weight is 406 g/mol. The molecule has 3 aromatic rings. The number of hydrogen-bond acceptors (Lipinski definition) is 6. The first kappa shape index (κ1) is 20.1. The maximum absolute atomic E-state index is 12.9. The molecule has 2 aromatic heterocycles. The summed E-state index contributed by atoms with van der Waals surface area (Å²) in [6.45, 7) is 8.73. The van der Waals surface area contributed by atoms with Gasteiger partial charge in [0.05, 0.1) is 17.1 Å². The van der Waals surface area contributed by atoms with Gasteiger partial charge in [0.25, 0.3) is 5.91 Å². The molecule has 156 valence electrons. The zero-order valence-electron chi connectivity index (χ0n) is 17.7. The Kier molecular flexibility index (Phi) is 5.79. The van der Waals surface area contributed by atoms with Crippen LogP contribution < -0.4 is 4.90 Å². The number of nitrogens with zero attached hydrogens (tertiary/aromatic N) is 5. The van der Waals surface area contributed by atoms with E-state index in [0.717, 1.165) is 42.4 Å². The largest absolute Gasteiger partial charge is 0.352 e. The highest BCUT2D eigenvalue weighted by Gasteiger charge is 2.26. The molecule has 1 saturated heterocycles. The summed E-state index contributed by atoms with van der Waals surface area (Å²) < 4.78 is 5.39. The Balaban J connectivity index is 1.36. The predicted molar refractivity (Wildman–Crippen MR) is 115 cm³/mol. The molecule has 1 aliphatic heterocycles. The summed E-state index contributed by atoms with van der Waals surface area (Å²) in [5, 5.41) is 4.13. The van der Waals surface area contributed by atoms with E-state index in [1.807, 2.05) is 36.9 Å². The fourth-order valence-corrected chi connectivity index (χ4v) is 3.82. The van der Waals surface area contributed by atoms with Gasteiger partial charge in [0.15, 0.2) is 0 Å². The van der Waals surface area contributed by atoms with Crippen LogP contribution in [0.5, 0.6) is 0 Å². The summed E-state index contributed by atoms with van der Waals surface area (Å²) in [6, 6.07) is 12.1. The van der Waals surface area contributed by atoms with Gasteiger partial charge in [-0.05, 0) is 31.7 Å². The minimum atomic E-state index is -0.104. The van der Waals surface area contributed by atoms with Gasteiger partial charge in [-0.3, -0.25) is 9.78 Å². The normalized spacial score (nSPS) is 15.3. The molecule has 7 heteroatoms. The number of hydrogen-bond donors (Lipinski definition) is 0. The number of carbonyl (C=O) groups excluding carboxylic acids is 1. The molecule has 0 unspecified atom stereocenters. The topological polar surface area (TPSA) is 75.4 Å². The molecule has 0 N–H and O–H groups in total. The summed E-state index contributed by atoms with van der Waals surface area (Å²) in [5.41, 5.74) is 3.86. The molecule has 1 fully saturated rings. The lowest BCUT2D eigenvalue weighted by Gasteiger charge is -2.35. The number of carbonyl (C=O) groups is 1. The van der Waals surface area contributed by atoms with Crippen LogP contribution in [-0.2, 0) is 6.42 Å².